The van der Waals surface area contributed by atoms with Crippen LogP contribution < -0.4 is 10.3 Å². The first-order chi connectivity index (χ1) is 12.2. The molecule has 1 aliphatic heterocycles. The van der Waals surface area contributed by atoms with Crippen molar-refractivity contribution in [2.75, 3.05) is 36.6 Å². The minimum atomic E-state index is -0.300. The molecule has 1 saturated heterocycles. The fourth-order valence-electron chi connectivity index (χ4n) is 2.75. The van der Waals surface area contributed by atoms with Crippen molar-refractivity contribution in [2.45, 2.75) is 13.3 Å². The molecule has 1 fully saturated rings. The minimum Gasteiger partial charge on any atom is -0.378 e. The maximum atomic E-state index is 14.5. The van der Waals surface area contributed by atoms with Gasteiger partial charge in [-0.05, 0) is 42.8 Å². The molecule has 0 atom stereocenters. The van der Waals surface area contributed by atoms with E-state index in [9.17, 15) is 8.78 Å². The quantitative estimate of drug-likeness (QED) is 0.657. The van der Waals surface area contributed by atoms with Crippen molar-refractivity contribution in [3.8, 4) is 0 Å². The van der Waals surface area contributed by atoms with Gasteiger partial charge in [-0.25, -0.2) is 8.78 Å². The molecule has 0 bridgehead atoms. The van der Waals surface area contributed by atoms with Crippen LogP contribution in [0.1, 0.15) is 18.9 Å². The summed E-state index contributed by atoms with van der Waals surface area (Å²) in [6, 6.07) is 11.1. The molecular weight excluding hydrogens is 324 g/mol. The van der Waals surface area contributed by atoms with Crippen molar-refractivity contribution in [2.24, 2.45) is 5.10 Å². The fourth-order valence-corrected chi connectivity index (χ4v) is 2.75. The number of hydrazone groups is 1. The lowest BCUT2D eigenvalue weighted by Gasteiger charge is -2.29. The topological polar surface area (TPSA) is 36.9 Å². The van der Waals surface area contributed by atoms with Gasteiger partial charge in [0.05, 0.1) is 30.3 Å². The summed E-state index contributed by atoms with van der Waals surface area (Å²) in [5.41, 5.74) is 5.62. The van der Waals surface area contributed by atoms with Gasteiger partial charge in [-0.2, -0.15) is 5.10 Å². The maximum absolute atomic E-state index is 14.5. The summed E-state index contributed by atoms with van der Waals surface area (Å²) in [4.78, 5) is 1.99. The average Bonchev–Trinajstić information content (AvgIpc) is 2.64. The van der Waals surface area contributed by atoms with Crippen LogP contribution in [-0.2, 0) is 4.74 Å². The molecule has 2 aromatic rings. The molecule has 4 nitrogen and oxygen atoms in total. The summed E-state index contributed by atoms with van der Waals surface area (Å²) >= 11 is 0. The van der Waals surface area contributed by atoms with E-state index in [0.29, 0.717) is 44.1 Å². The number of anilines is 2. The Bertz CT molecular complexity index is 741. The predicted octanol–water partition coefficient (Wildman–Crippen LogP) is 4.03. The number of nitrogens with zero attached hydrogens (tertiary/aromatic N) is 2. The van der Waals surface area contributed by atoms with Crippen molar-refractivity contribution >= 4 is 17.1 Å². The van der Waals surface area contributed by atoms with Gasteiger partial charge < -0.3 is 9.64 Å². The third-order valence-corrected chi connectivity index (χ3v) is 4.13. The molecule has 1 aliphatic rings. The van der Waals surface area contributed by atoms with Crippen LogP contribution in [0.4, 0.5) is 20.2 Å². The molecule has 6 heteroatoms. The van der Waals surface area contributed by atoms with Gasteiger partial charge in [0.2, 0.25) is 0 Å². The monoisotopic (exact) mass is 345 g/mol. The summed E-state index contributed by atoms with van der Waals surface area (Å²) in [6.45, 7) is 4.57. The number of hydrogen-bond acceptors (Lipinski definition) is 4. The molecule has 0 spiro atoms. The summed E-state index contributed by atoms with van der Waals surface area (Å²) in [6.07, 6.45) is 0.643. The van der Waals surface area contributed by atoms with E-state index in [1.807, 2.05) is 17.9 Å². The number of ether oxygens (including phenoxy) is 1. The molecule has 0 amide bonds. The van der Waals surface area contributed by atoms with Crippen LogP contribution in [0.15, 0.2) is 47.6 Å². The van der Waals surface area contributed by atoms with Crippen LogP contribution in [0, 0.1) is 11.6 Å². The lowest BCUT2D eigenvalue weighted by Crippen LogP contribution is -2.36. The Hall–Kier alpha value is -2.47. The first-order valence-electron chi connectivity index (χ1n) is 8.38. The molecule has 0 aliphatic carbocycles. The number of halogens is 2. The molecular formula is C19H21F2N3O. The molecule has 2 aromatic carbocycles. The normalized spacial score (nSPS) is 15.3. The van der Waals surface area contributed by atoms with Crippen LogP contribution in [0.3, 0.4) is 0 Å². The summed E-state index contributed by atoms with van der Waals surface area (Å²) in [7, 11) is 0. The van der Waals surface area contributed by atoms with E-state index in [2.05, 4.69) is 10.5 Å². The van der Waals surface area contributed by atoms with Gasteiger partial charge in [-0.1, -0.05) is 13.0 Å². The molecule has 3 rings (SSSR count). The maximum Gasteiger partial charge on any atom is 0.147 e. The Morgan fingerprint density at radius 3 is 2.48 bits per heavy atom. The highest BCUT2D eigenvalue weighted by molar-refractivity contribution is 6.01. The summed E-state index contributed by atoms with van der Waals surface area (Å²) in [5.74, 6) is -0.562. The lowest BCUT2D eigenvalue weighted by atomic mass is 10.1. The smallest absolute Gasteiger partial charge is 0.147 e. The summed E-state index contributed by atoms with van der Waals surface area (Å²) < 4.78 is 32.8. The highest BCUT2D eigenvalue weighted by atomic mass is 19.1. The van der Waals surface area contributed by atoms with Crippen LogP contribution in [0.2, 0.25) is 0 Å². The van der Waals surface area contributed by atoms with Crippen molar-refractivity contribution < 1.29 is 13.5 Å². The summed E-state index contributed by atoms with van der Waals surface area (Å²) in [5, 5.41) is 4.34. The number of hydrogen-bond donors (Lipinski definition) is 1. The number of benzene rings is 2. The third-order valence-electron chi connectivity index (χ3n) is 4.13. The minimum absolute atomic E-state index is 0.262. The zero-order chi connectivity index (χ0) is 17.6. The second kappa shape index (κ2) is 8.07. The number of rotatable bonds is 5. The van der Waals surface area contributed by atoms with Crippen LogP contribution in [-0.4, -0.2) is 32.0 Å². The lowest BCUT2D eigenvalue weighted by molar-refractivity contribution is 0.122. The van der Waals surface area contributed by atoms with E-state index < -0.39 is 0 Å². The molecule has 0 radical (unpaired) electrons. The second-order valence-electron chi connectivity index (χ2n) is 5.80. The Morgan fingerprint density at radius 2 is 1.84 bits per heavy atom. The van der Waals surface area contributed by atoms with E-state index in [0.717, 1.165) is 11.3 Å². The average molecular weight is 345 g/mol. The highest BCUT2D eigenvalue weighted by Crippen LogP contribution is 2.22. The van der Waals surface area contributed by atoms with Gasteiger partial charge in [0.25, 0.3) is 0 Å². The van der Waals surface area contributed by atoms with E-state index >= 15 is 0 Å². The first-order valence-corrected chi connectivity index (χ1v) is 8.38. The zero-order valence-corrected chi connectivity index (χ0v) is 14.1. The molecule has 1 heterocycles. The van der Waals surface area contributed by atoms with Crippen molar-refractivity contribution in [1.82, 2.24) is 0 Å². The van der Waals surface area contributed by atoms with Crippen molar-refractivity contribution in [3.05, 3.63) is 59.7 Å². The SMILES string of the molecule is CC/C(=N/Nc1ccc(F)cc1)c1ccc(N2CCOCC2)c(F)c1. The fraction of sp³-hybridized carbons (Fsp3) is 0.316. The van der Waals surface area contributed by atoms with Gasteiger partial charge in [0, 0.05) is 18.7 Å². The molecule has 1 N–H and O–H groups in total. The standard InChI is InChI=1S/C19H21F2N3O/c1-2-18(23-22-16-6-4-15(20)5-7-16)14-3-8-19(17(21)13-14)24-9-11-25-12-10-24/h3-8,13,22H,2,9-12H2,1H3/b23-18-. The van der Waals surface area contributed by atoms with Gasteiger partial charge in [-0.15, -0.1) is 0 Å². The molecule has 0 saturated carbocycles. The van der Waals surface area contributed by atoms with E-state index in [1.54, 1.807) is 18.2 Å². The van der Waals surface area contributed by atoms with Crippen LogP contribution in [0.25, 0.3) is 0 Å². The van der Waals surface area contributed by atoms with E-state index in [4.69, 9.17) is 4.74 Å². The zero-order valence-electron chi connectivity index (χ0n) is 14.1. The largest absolute Gasteiger partial charge is 0.378 e. The number of morpholine rings is 1. The molecule has 0 aromatic heterocycles. The Kier molecular flexibility index (Phi) is 5.60. The van der Waals surface area contributed by atoms with Crippen LogP contribution >= 0.6 is 0 Å². The predicted molar refractivity (Wildman–Crippen MR) is 96.3 cm³/mol. The molecule has 0 unspecified atom stereocenters. The third kappa shape index (κ3) is 4.33. The molecule has 25 heavy (non-hydrogen) atoms. The van der Waals surface area contributed by atoms with Crippen molar-refractivity contribution in [3.63, 3.8) is 0 Å². The highest BCUT2D eigenvalue weighted by Gasteiger charge is 2.16. The van der Waals surface area contributed by atoms with Crippen LogP contribution in [0.5, 0.6) is 0 Å². The first kappa shape index (κ1) is 17.4. The van der Waals surface area contributed by atoms with Gasteiger partial charge in [-0.3, -0.25) is 5.43 Å². The Labute approximate surface area is 146 Å². The Balaban J connectivity index is 1.77. The van der Waals surface area contributed by atoms with E-state index in [1.165, 1.54) is 18.2 Å². The van der Waals surface area contributed by atoms with Crippen molar-refractivity contribution in [1.29, 1.82) is 0 Å². The van der Waals surface area contributed by atoms with Gasteiger partial charge in [0.15, 0.2) is 0 Å². The van der Waals surface area contributed by atoms with Gasteiger partial charge in [0.1, 0.15) is 11.6 Å². The second-order valence-corrected chi connectivity index (χ2v) is 5.80. The van der Waals surface area contributed by atoms with E-state index in [-0.39, 0.29) is 11.6 Å². The Morgan fingerprint density at radius 1 is 1.12 bits per heavy atom. The number of nitrogens with one attached hydrogen (secondary N) is 1. The van der Waals surface area contributed by atoms with Gasteiger partial charge >= 0.3 is 0 Å². The molecule has 132 valence electrons.